The molecule has 1 aliphatic heterocycles. The molecule has 3 aromatic carbocycles. The maximum atomic E-state index is 14.7. The van der Waals surface area contributed by atoms with Crippen molar-refractivity contribution in [2.24, 2.45) is 4.99 Å². The van der Waals surface area contributed by atoms with Crippen LogP contribution in [0.25, 0.3) is 11.3 Å². The molecule has 192 valence electrons. The number of fused-ring (bicyclic) bond motifs is 3. The average Bonchev–Trinajstić information content (AvgIpc) is 3.01. The standard InChI is InChI=1S/C29H24ClF2N5O/c1-37(2)16-21(38)12-17-6-9-20(10-7-17)35-29-34-15-18-14-33-28(26-24(31)4-3-5-25(26)32)23-13-19(30)8-11-22(23)27(18)36-29/h3-11,13,15H,12,14,16H2,1-2H3,(H,34,35,36). The molecule has 0 fully saturated rings. The number of hydrogen-bond donors (Lipinski definition) is 1. The third kappa shape index (κ3) is 5.46. The molecule has 0 radical (unpaired) electrons. The Morgan fingerprint density at radius 2 is 1.76 bits per heavy atom. The lowest BCUT2D eigenvalue weighted by molar-refractivity contribution is -0.119. The maximum absolute atomic E-state index is 14.7. The molecule has 4 aromatic rings. The minimum atomic E-state index is -0.707. The van der Waals surface area contributed by atoms with Gasteiger partial charge in [0.1, 0.15) is 11.6 Å². The lowest BCUT2D eigenvalue weighted by Gasteiger charge is -2.13. The molecule has 2 heterocycles. The van der Waals surface area contributed by atoms with Crippen molar-refractivity contribution < 1.29 is 13.6 Å². The Kier molecular flexibility index (Phi) is 7.26. The second-order valence-corrected chi connectivity index (χ2v) is 9.73. The minimum absolute atomic E-state index is 0.139. The molecular formula is C29H24ClF2N5O. The molecule has 0 bridgehead atoms. The van der Waals surface area contributed by atoms with E-state index in [1.807, 2.05) is 43.3 Å². The van der Waals surface area contributed by atoms with Crippen molar-refractivity contribution >= 4 is 34.7 Å². The zero-order chi connectivity index (χ0) is 26.8. The Labute approximate surface area is 224 Å². The number of nitrogens with one attached hydrogen (secondary N) is 1. The normalized spacial score (nSPS) is 12.4. The first-order valence-corrected chi connectivity index (χ1v) is 12.3. The number of nitrogens with zero attached hydrogens (tertiary/aromatic N) is 4. The van der Waals surface area contributed by atoms with Crippen LogP contribution in [0, 0.1) is 11.6 Å². The van der Waals surface area contributed by atoms with Crippen molar-refractivity contribution in [1.82, 2.24) is 14.9 Å². The number of halogens is 3. The van der Waals surface area contributed by atoms with Crippen LogP contribution in [-0.2, 0) is 17.8 Å². The summed E-state index contributed by atoms with van der Waals surface area (Å²) in [6, 6.07) is 16.3. The summed E-state index contributed by atoms with van der Waals surface area (Å²) >= 11 is 6.29. The highest BCUT2D eigenvalue weighted by atomic mass is 35.5. The van der Waals surface area contributed by atoms with E-state index < -0.39 is 11.6 Å². The molecule has 0 spiro atoms. The summed E-state index contributed by atoms with van der Waals surface area (Å²) in [5.41, 5.74) is 4.06. The van der Waals surface area contributed by atoms with E-state index in [2.05, 4.69) is 15.3 Å². The first-order valence-electron chi connectivity index (χ1n) is 12.0. The highest BCUT2D eigenvalue weighted by molar-refractivity contribution is 6.31. The minimum Gasteiger partial charge on any atom is -0.324 e. The van der Waals surface area contributed by atoms with Gasteiger partial charge in [-0.25, -0.2) is 18.7 Å². The predicted molar refractivity (Wildman–Crippen MR) is 145 cm³/mol. The van der Waals surface area contributed by atoms with Gasteiger partial charge in [-0.1, -0.05) is 35.9 Å². The Balaban J connectivity index is 1.46. The van der Waals surface area contributed by atoms with Crippen LogP contribution in [0.5, 0.6) is 0 Å². The van der Waals surface area contributed by atoms with E-state index in [1.165, 1.54) is 18.2 Å². The molecule has 1 aliphatic rings. The van der Waals surface area contributed by atoms with Crippen LogP contribution in [0.4, 0.5) is 20.4 Å². The van der Waals surface area contributed by atoms with Crippen LogP contribution in [0.3, 0.4) is 0 Å². The summed E-state index contributed by atoms with van der Waals surface area (Å²) in [6.45, 7) is 0.533. The van der Waals surface area contributed by atoms with E-state index in [1.54, 1.807) is 24.4 Å². The number of hydrogen-bond acceptors (Lipinski definition) is 6. The fraction of sp³-hybridized carbons (Fsp3) is 0.172. The Bertz CT molecular complexity index is 1530. The molecule has 0 unspecified atom stereocenters. The third-order valence-electron chi connectivity index (χ3n) is 6.07. The van der Waals surface area contributed by atoms with E-state index in [4.69, 9.17) is 16.6 Å². The number of aliphatic imine (C=N–C) groups is 1. The lowest BCUT2D eigenvalue weighted by Crippen LogP contribution is -2.22. The van der Waals surface area contributed by atoms with Crippen LogP contribution in [-0.4, -0.2) is 47.0 Å². The number of likely N-dealkylation sites (N-methyl/N-ethyl adjacent to an activating group) is 1. The molecule has 0 atom stereocenters. The van der Waals surface area contributed by atoms with Gasteiger partial charge >= 0.3 is 0 Å². The molecule has 0 saturated carbocycles. The van der Waals surface area contributed by atoms with Gasteiger partial charge in [-0.3, -0.25) is 9.79 Å². The predicted octanol–water partition coefficient (Wildman–Crippen LogP) is 5.84. The van der Waals surface area contributed by atoms with E-state index in [9.17, 15) is 13.6 Å². The maximum Gasteiger partial charge on any atom is 0.227 e. The van der Waals surface area contributed by atoms with Gasteiger partial charge in [-0.2, -0.15) is 0 Å². The van der Waals surface area contributed by atoms with Gasteiger partial charge in [0.2, 0.25) is 5.95 Å². The second-order valence-electron chi connectivity index (χ2n) is 9.29. The fourth-order valence-electron chi connectivity index (χ4n) is 4.39. The molecule has 0 aliphatic carbocycles. The van der Waals surface area contributed by atoms with Crippen molar-refractivity contribution in [2.45, 2.75) is 13.0 Å². The van der Waals surface area contributed by atoms with Gasteiger partial charge in [-0.05, 0) is 56.1 Å². The zero-order valence-corrected chi connectivity index (χ0v) is 21.6. The summed E-state index contributed by atoms with van der Waals surface area (Å²) in [4.78, 5) is 27.7. The number of Topliss-reactive ketones (excluding diaryl/α,β-unsaturated/α-hetero) is 1. The number of carbonyl (C=O) groups is 1. The van der Waals surface area contributed by atoms with E-state index in [-0.39, 0.29) is 23.6 Å². The monoisotopic (exact) mass is 531 g/mol. The molecule has 38 heavy (non-hydrogen) atoms. The van der Waals surface area contributed by atoms with E-state index >= 15 is 0 Å². The van der Waals surface area contributed by atoms with Crippen molar-refractivity contribution in [3.8, 4) is 11.3 Å². The molecule has 5 rings (SSSR count). The number of anilines is 2. The Hall–Kier alpha value is -4.01. The van der Waals surface area contributed by atoms with Crippen molar-refractivity contribution in [1.29, 1.82) is 0 Å². The summed E-state index contributed by atoms with van der Waals surface area (Å²) in [5.74, 6) is -0.927. The first kappa shape index (κ1) is 25.6. The summed E-state index contributed by atoms with van der Waals surface area (Å²) < 4.78 is 29.5. The van der Waals surface area contributed by atoms with Crippen LogP contribution < -0.4 is 5.32 Å². The van der Waals surface area contributed by atoms with Gasteiger partial charge < -0.3 is 10.2 Å². The molecule has 0 amide bonds. The largest absolute Gasteiger partial charge is 0.324 e. The summed E-state index contributed by atoms with van der Waals surface area (Å²) in [6.07, 6.45) is 2.01. The Morgan fingerprint density at radius 3 is 2.47 bits per heavy atom. The smallest absolute Gasteiger partial charge is 0.227 e. The molecule has 9 heteroatoms. The number of ketones is 1. The van der Waals surface area contributed by atoms with E-state index in [0.29, 0.717) is 46.3 Å². The van der Waals surface area contributed by atoms with Crippen LogP contribution in [0.1, 0.15) is 22.3 Å². The SMILES string of the molecule is CN(C)CC(=O)Cc1ccc(Nc2ncc3c(n2)-c2ccc(Cl)cc2C(c2c(F)cccc2F)=NC3)cc1. The summed E-state index contributed by atoms with van der Waals surface area (Å²) in [7, 11) is 3.73. The second kappa shape index (κ2) is 10.8. The van der Waals surface area contributed by atoms with Crippen molar-refractivity contribution in [2.75, 3.05) is 26.0 Å². The van der Waals surface area contributed by atoms with Gasteiger partial charge in [0.05, 0.1) is 30.1 Å². The lowest BCUT2D eigenvalue weighted by atomic mass is 9.95. The molecule has 1 aromatic heterocycles. The van der Waals surface area contributed by atoms with Gasteiger partial charge in [0, 0.05) is 40.0 Å². The first-order chi connectivity index (χ1) is 18.3. The number of carbonyl (C=O) groups excluding carboxylic acids is 1. The van der Waals surface area contributed by atoms with Crippen LogP contribution >= 0.6 is 11.6 Å². The number of aromatic nitrogens is 2. The molecular weight excluding hydrogens is 508 g/mol. The Morgan fingerprint density at radius 1 is 1.03 bits per heavy atom. The van der Waals surface area contributed by atoms with Crippen molar-refractivity contribution in [3.63, 3.8) is 0 Å². The molecule has 6 nitrogen and oxygen atoms in total. The van der Waals surface area contributed by atoms with E-state index in [0.717, 1.165) is 11.3 Å². The van der Waals surface area contributed by atoms with Gasteiger partial charge in [-0.15, -0.1) is 0 Å². The van der Waals surface area contributed by atoms with Crippen molar-refractivity contribution in [3.05, 3.63) is 106 Å². The summed E-state index contributed by atoms with van der Waals surface area (Å²) in [5, 5.41) is 3.60. The fourth-order valence-corrected chi connectivity index (χ4v) is 4.57. The van der Waals surface area contributed by atoms with Crippen LogP contribution in [0.2, 0.25) is 5.02 Å². The number of benzene rings is 3. The van der Waals surface area contributed by atoms with Crippen LogP contribution in [0.15, 0.2) is 71.9 Å². The average molecular weight is 532 g/mol. The quantitative estimate of drug-likeness (QED) is 0.324. The molecule has 1 N–H and O–H groups in total. The molecule has 0 saturated heterocycles. The topological polar surface area (TPSA) is 70.5 Å². The highest BCUT2D eigenvalue weighted by Crippen LogP contribution is 2.34. The number of rotatable bonds is 7. The highest BCUT2D eigenvalue weighted by Gasteiger charge is 2.25. The van der Waals surface area contributed by atoms with Gasteiger partial charge in [0.15, 0.2) is 5.78 Å². The third-order valence-corrected chi connectivity index (χ3v) is 6.30. The zero-order valence-electron chi connectivity index (χ0n) is 20.8. The van der Waals surface area contributed by atoms with Gasteiger partial charge in [0.25, 0.3) is 0 Å².